The highest BCUT2D eigenvalue weighted by Crippen LogP contribution is 2.39. The average Bonchev–Trinajstić information content (AvgIpc) is 2.87. The predicted octanol–water partition coefficient (Wildman–Crippen LogP) is 2.90. The molecule has 0 saturated heterocycles. The first-order valence-corrected chi connectivity index (χ1v) is 8.43. The van der Waals surface area contributed by atoms with Gasteiger partial charge in [0.2, 0.25) is 11.1 Å². The Labute approximate surface area is 145 Å². The van der Waals surface area contributed by atoms with Gasteiger partial charge in [-0.25, -0.2) is 9.69 Å². The van der Waals surface area contributed by atoms with Crippen molar-refractivity contribution in [2.24, 2.45) is 0 Å². The van der Waals surface area contributed by atoms with Crippen molar-refractivity contribution in [1.82, 2.24) is 14.9 Å². The Balaban J connectivity index is 2.28. The first-order valence-electron chi connectivity index (χ1n) is 6.82. The average molecular weight is 393 g/mol. The summed E-state index contributed by atoms with van der Waals surface area (Å²) in [6, 6.07) is 7.47. The molecule has 1 aliphatic heterocycles. The highest BCUT2D eigenvalue weighted by molar-refractivity contribution is 9.10. The molecule has 0 unspecified atom stereocenters. The van der Waals surface area contributed by atoms with Crippen LogP contribution in [0.2, 0.25) is 0 Å². The Morgan fingerprint density at radius 3 is 2.35 bits per heavy atom. The predicted molar refractivity (Wildman–Crippen MR) is 91.3 cm³/mol. The Hall–Kier alpha value is -1.93. The van der Waals surface area contributed by atoms with E-state index in [0.29, 0.717) is 21.6 Å². The topological polar surface area (TPSA) is 68.1 Å². The minimum Gasteiger partial charge on any atom is -0.294 e. The zero-order valence-electron chi connectivity index (χ0n) is 12.7. The number of hydrogen-bond donors (Lipinski definition) is 0. The van der Waals surface area contributed by atoms with Gasteiger partial charge in [-0.1, -0.05) is 28.1 Å². The van der Waals surface area contributed by atoms with Gasteiger partial charge in [-0.3, -0.25) is 9.59 Å². The monoisotopic (exact) mass is 392 g/mol. The molecule has 0 saturated carbocycles. The van der Waals surface area contributed by atoms with Crippen LogP contribution in [0.25, 0.3) is 5.70 Å². The molecule has 3 rings (SSSR count). The van der Waals surface area contributed by atoms with E-state index in [-0.39, 0.29) is 11.7 Å². The van der Waals surface area contributed by atoms with Crippen LogP contribution in [-0.4, -0.2) is 26.6 Å². The summed E-state index contributed by atoms with van der Waals surface area (Å²) in [5.41, 5.74) is 1.33. The Morgan fingerprint density at radius 1 is 1.13 bits per heavy atom. The number of amides is 1. The number of Topliss-reactive ketones (excluding diaryl/α,β-unsaturated/α-hetero) is 1. The minimum absolute atomic E-state index is 0.119. The fraction of sp³-hybridized carbons (Fsp3) is 0.200. The molecule has 6 nitrogen and oxygen atoms in total. The number of halogens is 1. The highest BCUT2D eigenvalue weighted by atomic mass is 79.9. The lowest BCUT2D eigenvalue weighted by atomic mass is 10.1. The van der Waals surface area contributed by atoms with E-state index in [1.54, 1.807) is 11.6 Å². The van der Waals surface area contributed by atoms with Gasteiger partial charge in [0.15, 0.2) is 11.6 Å². The number of carbonyl (C=O) groups is 2. The Kier molecular flexibility index (Phi) is 4.11. The summed E-state index contributed by atoms with van der Waals surface area (Å²) in [5.74, 6) is 0.247. The second-order valence-electron chi connectivity index (χ2n) is 5.02. The van der Waals surface area contributed by atoms with Crippen LogP contribution in [0.3, 0.4) is 0 Å². The molecule has 1 amide bonds. The smallest absolute Gasteiger partial charge is 0.243 e. The fourth-order valence-electron chi connectivity index (χ4n) is 2.37. The van der Waals surface area contributed by atoms with Crippen molar-refractivity contribution in [2.45, 2.75) is 25.9 Å². The molecule has 118 valence electrons. The van der Waals surface area contributed by atoms with E-state index in [4.69, 9.17) is 0 Å². The van der Waals surface area contributed by atoms with Crippen molar-refractivity contribution in [3.8, 4) is 0 Å². The number of nitrogens with zero attached hydrogens (tertiary/aromatic N) is 4. The summed E-state index contributed by atoms with van der Waals surface area (Å²) in [6.45, 7) is 4.71. The molecule has 1 aliphatic rings. The van der Waals surface area contributed by atoms with E-state index in [0.717, 1.165) is 10.0 Å². The molecule has 0 aliphatic carbocycles. The van der Waals surface area contributed by atoms with Crippen LogP contribution in [0, 0.1) is 6.92 Å². The SMILES string of the molecule is CC(=O)C1=C(c2ccc(Br)cc2)N(C(C)=O)n2c(C)nnc2S1. The van der Waals surface area contributed by atoms with Crippen molar-refractivity contribution >= 4 is 45.1 Å². The van der Waals surface area contributed by atoms with Crippen LogP contribution in [0.15, 0.2) is 38.8 Å². The number of aromatic nitrogens is 3. The van der Waals surface area contributed by atoms with Crippen LogP contribution >= 0.6 is 27.7 Å². The molecular formula is C15H13BrN4O2S. The van der Waals surface area contributed by atoms with Crippen molar-refractivity contribution in [1.29, 1.82) is 0 Å². The number of thioether (sulfide) groups is 1. The van der Waals surface area contributed by atoms with Crippen molar-refractivity contribution in [3.05, 3.63) is 45.0 Å². The summed E-state index contributed by atoms with van der Waals surface area (Å²) in [4.78, 5) is 24.9. The lowest BCUT2D eigenvalue weighted by Crippen LogP contribution is -2.41. The first-order chi connectivity index (χ1) is 10.9. The quantitative estimate of drug-likeness (QED) is 0.785. The van der Waals surface area contributed by atoms with Crippen LogP contribution in [0.5, 0.6) is 0 Å². The van der Waals surface area contributed by atoms with Gasteiger partial charge in [-0.05, 0) is 37.7 Å². The van der Waals surface area contributed by atoms with Crippen LogP contribution in [0.1, 0.15) is 25.2 Å². The van der Waals surface area contributed by atoms with E-state index in [2.05, 4.69) is 26.1 Å². The normalized spacial score (nSPS) is 14.0. The van der Waals surface area contributed by atoms with Gasteiger partial charge >= 0.3 is 0 Å². The molecule has 2 aromatic rings. The summed E-state index contributed by atoms with van der Waals surface area (Å²) in [5, 5.41) is 10.0. The number of benzene rings is 1. The third kappa shape index (κ3) is 2.72. The Bertz CT molecular complexity index is 842. The zero-order chi connectivity index (χ0) is 16.7. The van der Waals surface area contributed by atoms with Crippen molar-refractivity contribution in [2.75, 3.05) is 5.01 Å². The molecule has 0 fully saturated rings. The number of hydrogen-bond acceptors (Lipinski definition) is 5. The maximum Gasteiger partial charge on any atom is 0.243 e. The van der Waals surface area contributed by atoms with Gasteiger partial charge in [0.1, 0.15) is 0 Å². The maximum absolute atomic E-state index is 12.3. The number of allylic oxidation sites excluding steroid dienone is 1. The maximum atomic E-state index is 12.3. The van der Waals surface area contributed by atoms with Crippen LogP contribution < -0.4 is 5.01 Å². The minimum atomic E-state index is -0.217. The number of rotatable bonds is 2. The molecule has 1 aromatic heterocycles. The number of aryl methyl sites for hydroxylation is 1. The third-order valence-corrected chi connectivity index (χ3v) is 4.97. The molecular weight excluding hydrogens is 380 g/mol. The second kappa shape index (κ2) is 5.93. The number of fused-ring (bicyclic) bond motifs is 1. The fourth-order valence-corrected chi connectivity index (χ4v) is 3.64. The molecule has 0 radical (unpaired) electrons. The third-order valence-electron chi connectivity index (χ3n) is 3.32. The zero-order valence-corrected chi connectivity index (χ0v) is 15.1. The lowest BCUT2D eigenvalue weighted by Gasteiger charge is -2.31. The Morgan fingerprint density at radius 2 is 1.78 bits per heavy atom. The van der Waals surface area contributed by atoms with Gasteiger partial charge in [0.25, 0.3) is 0 Å². The molecule has 0 bridgehead atoms. The van der Waals surface area contributed by atoms with Crippen molar-refractivity contribution < 1.29 is 9.59 Å². The standard InChI is InChI=1S/C15H13BrN4O2S/c1-8(21)14-13(11-4-6-12(16)7-5-11)20(10(3)22)19-9(2)17-18-15(19)23-14/h4-7H,1-3H3. The number of ketones is 1. The van der Waals surface area contributed by atoms with E-state index in [1.807, 2.05) is 24.3 Å². The second-order valence-corrected chi connectivity index (χ2v) is 6.91. The van der Waals surface area contributed by atoms with Gasteiger partial charge in [0, 0.05) is 17.0 Å². The number of carbonyl (C=O) groups excluding carboxylic acids is 2. The first kappa shape index (κ1) is 15.9. The molecule has 8 heteroatoms. The van der Waals surface area contributed by atoms with Crippen LogP contribution in [-0.2, 0) is 9.59 Å². The van der Waals surface area contributed by atoms with E-state index >= 15 is 0 Å². The highest BCUT2D eigenvalue weighted by Gasteiger charge is 2.33. The summed E-state index contributed by atoms with van der Waals surface area (Å²) >= 11 is 4.62. The molecule has 0 N–H and O–H groups in total. The van der Waals surface area contributed by atoms with Crippen LogP contribution in [0.4, 0.5) is 0 Å². The summed E-state index contributed by atoms with van der Waals surface area (Å²) in [6.07, 6.45) is 0. The summed E-state index contributed by atoms with van der Waals surface area (Å²) < 4.78 is 2.56. The van der Waals surface area contributed by atoms with Gasteiger partial charge in [-0.15, -0.1) is 10.2 Å². The van der Waals surface area contributed by atoms with E-state index < -0.39 is 0 Å². The molecule has 2 heterocycles. The lowest BCUT2D eigenvalue weighted by molar-refractivity contribution is -0.117. The van der Waals surface area contributed by atoms with Gasteiger partial charge < -0.3 is 0 Å². The van der Waals surface area contributed by atoms with Gasteiger partial charge in [0.05, 0.1) is 10.6 Å². The molecule has 23 heavy (non-hydrogen) atoms. The molecule has 1 aromatic carbocycles. The molecule has 0 spiro atoms. The largest absolute Gasteiger partial charge is 0.294 e. The molecule has 0 atom stereocenters. The van der Waals surface area contributed by atoms with E-state index in [1.165, 1.54) is 30.6 Å². The van der Waals surface area contributed by atoms with Gasteiger partial charge in [-0.2, -0.15) is 0 Å². The van der Waals surface area contributed by atoms with Crippen molar-refractivity contribution in [3.63, 3.8) is 0 Å². The summed E-state index contributed by atoms with van der Waals surface area (Å²) in [7, 11) is 0. The van der Waals surface area contributed by atoms with E-state index in [9.17, 15) is 9.59 Å².